The number of hydrogen-bond donors (Lipinski definition) is 1. The number of ether oxygens (including phenoxy) is 2. The Hall–Kier alpha value is -2.06. The molecule has 0 aliphatic rings. The average molecular weight is 332 g/mol. The van der Waals surface area contributed by atoms with Crippen LogP contribution in [-0.4, -0.2) is 24.2 Å². The van der Waals surface area contributed by atoms with Crippen molar-refractivity contribution in [2.24, 2.45) is 0 Å². The maximum atomic E-state index is 12.6. The summed E-state index contributed by atoms with van der Waals surface area (Å²) in [5.41, 5.74) is 0.0910. The zero-order chi connectivity index (χ0) is 18.2. The third kappa shape index (κ3) is 5.54. The quantitative estimate of drug-likeness (QED) is 0.733. The monoisotopic (exact) mass is 332 g/mol. The fourth-order valence-corrected chi connectivity index (χ4v) is 2.40. The summed E-state index contributed by atoms with van der Waals surface area (Å²) in [5.74, 6) is 0.322. The summed E-state index contributed by atoms with van der Waals surface area (Å²) in [4.78, 5) is 12.6. The lowest BCUT2D eigenvalue weighted by Crippen LogP contribution is -2.42. The van der Waals surface area contributed by atoms with E-state index >= 15 is 0 Å². The Morgan fingerprint density at radius 3 is 2.62 bits per heavy atom. The molecule has 132 valence electrons. The van der Waals surface area contributed by atoms with Gasteiger partial charge >= 0.3 is 0 Å². The highest BCUT2D eigenvalue weighted by Crippen LogP contribution is 2.26. The minimum atomic E-state index is -0.870. The molecule has 0 aromatic heterocycles. The molecular weight excluding hydrogens is 304 g/mol. The van der Waals surface area contributed by atoms with Crippen molar-refractivity contribution in [1.82, 2.24) is 0 Å². The van der Waals surface area contributed by atoms with E-state index in [1.54, 1.807) is 18.2 Å². The lowest BCUT2D eigenvalue weighted by atomic mass is 9.97. The van der Waals surface area contributed by atoms with Gasteiger partial charge in [0.2, 0.25) is 0 Å². The number of carbonyl (C=O) groups is 1. The number of unbranched alkanes of at least 4 members (excludes halogenated alkanes) is 1. The van der Waals surface area contributed by atoms with Crippen LogP contribution in [0.2, 0.25) is 0 Å². The minimum absolute atomic E-state index is 0.0205. The van der Waals surface area contributed by atoms with Crippen molar-refractivity contribution in [2.45, 2.75) is 65.6 Å². The van der Waals surface area contributed by atoms with Crippen LogP contribution in [0.15, 0.2) is 18.2 Å². The molecule has 5 heteroatoms. The van der Waals surface area contributed by atoms with Crippen LogP contribution in [0.25, 0.3) is 0 Å². The number of carbonyl (C=O) groups excluding carboxylic acids is 1. The molecule has 0 radical (unpaired) electrons. The summed E-state index contributed by atoms with van der Waals surface area (Å²) in [6, 6.07) is 7.18. The fourth-order valence-electron chi connectivity index (χ4n) is 2.40. The summed E-state index contributed by atoms with van der Waals surface area (Å²) in [6.07, 6.45) is 2.54. The Labute approximate surface area is 145 Å². The van der Waals surface area contributed by atoms with E-state index in [-0.39, 0.29) is 12.0 Å². The molecule has 0 saturated carbocycles. The fraction of sp³-hybridized carbons (Fsp3) is 0.579. The second-order valence-electron chi connectivity index (χ2n) is 6.21. The van der Waals surface area contributed by atoms with Gasteiger partial charge in [-0.05, 0) is 52.3 Å². The van der Waals surface area contributed by atoms with Crippen LogP contribution in [0.4, 0.5) is 5.69 Å². The Kier molecular flexibility index (Phi) is 7.73. The molecule has 1 amide bonds. The van der Waals surface area contributed by atoms with Crippen LogP contribution in [0.1, 0.15) is 59.4 Å². The zero-order valence-corrected chi connectivity index (χ0v) is 15.3. The van der Waals surface area contributed by atoms with E-state index in [1.807, 2.05) is 27.7 Å². The van der Waals surface area contributed by atoms with Gasteiger partial charge in [0.05, 0.1) is 11.7 Å². The van der Waals surface area contributed by atoms with Gasteiger partial charge in [0.15, 0.2) is 0 Å². The van der Waals surface area contributed by atoms with Crippen LogP contribution >= 0.6 is 0 Å². The van der Waals surface area contributed by atoms with Gasteiger partial charge in [-0.1, -0.05) is 19.8 Å². The predicted molar refractivity (Wildman–Crippen MR) is 95.1 cm³/mol. The number of nitrogens with one attached hydrogen (secondary N) is 1. The van der Waals surface area contributed by atoms with Crippen LogP contribution in [0.3, 0.4) is 0 Å². The van der Waals surface area contributed by atoms with Gasteiger partial charge in [-0.2, -0.15) is 5.26 Å². The maximum absolute atomic E-state index is 12.6. The minimum Gasteiger partial charge on any atom is -0.490 e. The van der Waals surface area contributed by atoms with E-state index in [1.165, 1.54) is 0 Å². The smallest absolute Gasteiger partial charge is 0.256 e. The molecule has 1 rings (SSSR count). The highest BCUT2D eigenvalue weighted by molar-refractivity contribution is 5.97. The zero-order valence-electron chi connectivity index (χ0n) is 15.3. The lowest BCUT2D eigenvalue weighted by Gasteiger charge is -2.28. The molecule has 1 atom stereocenters. The molecular formula is C19H28N2O3. The Morgan fingerprint density at radius 1 is 1.38 bits per heavy atom. The van der Waals surface area contributed by atoms with E-state index in [2.05, 4.69) is 18.3 Å². The molecule has 0 spiro atoms. The van der Waals surface area contributed by atoms with Crippen molar-refractivity contribution < 1.29 is 14.3 Å². The predicted octanol–water partition coefficient (Wildman–Crippen LogP) is 4.27. The van der Waals surface area contributed by atoms with E-state index < -0.39 is 5.60 Å². The summed E-state index contributed by atoms with van der Waals surface area (Å²) >= 11 is 0. The largest absolute Gasteiger partial charge is 0.490 e. The van der Waals surface area contributed by atoms with Crippen molar-refractivity contribution in [2.75, 3.05) is 11.9 Å². The first kappa shape index (κ1) is 20.0. The Morgan fingerprint density at radius 2 is 2.08 bits per heavy atom. The molecule has 0 heterocycles. The molecule has 1 aromatic carbocycles. The summed E-state index contributed by atoms with van der Waals surface area (Å²) in [5, 5.41) is 12.1. The molecule has 0 aliphatic carbocycles. The SMILES string of the molecule is CCCC[C@@](C)(OCC)C(=O)Nc1ccc(OC(C)C)c(C#N)c1. The molecule has 0 saturated heterocycles. The summed E-state index contributed by atoms with van der Waals surface area (Å²) < 4.78 is 11.3. The van der Waals surface area contributed by atoms with Crippen molar-refractivity contribution in [1.29, 1.82) is 5.26 Å². The maximum Gasteiger partial charge on any atom is 0.256 e. The van der Waals surface area contributed by atoms with Gasteiger partial charge in [0.25, 0.3) is 5.91 Å². The highest BCUT2D eigenvalue weighted by atomic mass is 16.5. The highest BCUT2D eigenvalue weighted by Gasteiger charge is 2.33. The van der Waals surface area contributed by atoms with Gasteiger partial charge in [0, 0.05) is 12.3 Å². The molecule has 24 heavy (non-hydrogen) atoms. The second kappa shape index (κ2) is 9.29. The number of nitrogens with zero attached hydrogens (tertiary/aromatic N) is 1. The second-order valence-corrected chi connectivity index (χ2v) is 6.21. The lowest BCUT2D eigenvalue weighted by molar-refractivity contribution is -0.139. The third-order valence-electron chi connectivity index (χ3n) is 3.67. The van der Waals surface area contributed by atoms with E-state index in [0.717, 1.165) is 12.8 Å². The number of nitriles is 1. The summed E-state index contributed by atoms with van der Waals surface area (Å²) in [7, 11) is 0. The summed E-state index contributed by atoms with van der Waals surface area (Å²) in [6.45, 7) is 10.0. The first-order valence-electron chi connectivity index (χ1n) is 8.52. The first-order chi connectivity index (χ1) is 11.4. The standard InChI is InChI=1S/C19H28N2O3/c1-6-8-11-19(5,23-7-2)18(22)21-16-9-10-17(24-14(3)4)15(12-16)13-20/h9-10,12,14H,6-8,11H2,1-5H3,(H,21,22)/t19-/m1/s1. The topological polar surface area (TPSA) is 71.3 Å². The number of hydrogen-bond acceptors (Lipinski definition) is 4. The number of benzene rings is 1. The van der Waals surface area contributed by atoms with Crippen LogP contribution in [-0.2, 0) is 9.53 Å². The normalized spacial score (nSPS) is 13.2. The van der Waals surface area contributed by atoms with Crippen molar-refractivity contribution in [3.63, 3.8) is 0 Å². The van der Waals surface area contributed by atoms with Crippen LogP contribution < -0.4 is 10.1 Å². The molecule has 5 nitrogen and oxygen atoms in total. The Balaban J connectivity index is 2.94. The number of rotatable bonds is 9. The van der Waals surface area contributed by atoms with E-state index in [4.69, 9.17) is 9.47 Å². The van der Waals surface area contributed by atoms with Crippen LogP contribution in [0.5, 0.6) is 5.75 Å². The van der Waals surface area contributed by atoms with Crippen LogP contribution in [0, 0.1) is 11.3 Å². The average Bonchev–Trinajstić information content (AvgIpc) is 2.54. The number of amides is 1. The first-order valence-corrected chi connectivity index (χ1v) is 8.52. The number of anilines is 1. The Bertz CT molecular complexity index is 593. The molecule has 1 aromatic rings. The third-order valence-corrected chi connectivity index (χ3v) is 3.67. The van der Waals surface area contributed by atoms with E-state index in [0.29, 0.717) is 30.0 Å². The van der Waals surface area contributed by atoms with Crippen molar-refractivity contribution >= 4 is 11.6 Å². The molecule has 1 N–H and O–H groups in total. The molecule has 0 fully saturated rings. The van der Waals surface area contributed by atoms with Crippen molar-refractivity contribution in [3.8, 4) is 11.8 Å². The molecule has 0 aliphatic heterocycles. The van der Waals surface area contributed by atoms with Gasteiger partial charge in [-0.25, -0.2) is 0 Å². The van der Waals surface area contributed by atoms with Gasteiger partial charge in [0.1, 0.15) is 17.4 Å². The molecule has 0 bridgehead atoms. The van der Waals surface area contributed by atoms with Gasteiger partial charge in [-0.15, -0.1) is 0 Å². The van der Waals surface area contributed by atoms with E-state index in [9.17, 15) is 10.1 Å². The molecule has 0 unspecified atom stereocenters. The van der Waals surface area contributed by atoms with Crippen molar-refractivity contribution in [3.05, 3.63) is 23.8 Å². The van der Waals surface area contributed by atoms with Gasteiger partial charge < -0.3 is 14.8 Å². The van der Waals surface area contributed by atoms with Gasteiger partial charge in [-0.3, -0.25) is 4.79 Å².